The van der Waals surface area contributed by atoms with Crippen LogP contribution in [0.1, 0.15) is 43.0 Å². The van der Waals surface area contributed by atoms with Crippen LogP contribution in [0.2, 0.25) is 0 Å². The summed E-state index contributed by atoms with van der Waals surface area (Å²) in [7, 11) is 3.19. The highest BCUT2D eigenvalue weighted by Crippen LogP contribution is 2.26. The van der Waals surface area contributed by atoms with E-state index in [2.05, 4.69) is 11.7 Å². The summed E-state index contributed by atoms with van der Waals surface area (Å²) in [4.78, 5) is 25.4. The number of benzene rings is 1. The first-order valence-electron chi connectivity index (χ1n) is 8.08. The minimum atomic E-state index is -0.390. The van der Waals surface area contributed by atoms with Crippen LogP contribution in [0.3, 0.4) is 0 Å². The van der Waals surface area contributed by atoms with Crippen LogP contribution in [-0.2, 0) is 9.53 Å². The van der Waals surface area contributed by atoms with E-state index in [1.165, 1.54) is 20.0 Å². The first-order valence-corrected chi connectivity index (χ1v) is 8.08. The fourth-order valence-electron chi connectivity index (χ4n) is 2.89. The second-order valence-electron chi connectivity index (χ2n) is 6.22. The summed E-state index contributed by atoms with van der Waals surface area (Å²) in [6.45, 7) is 2.28. The van der Waals surface area contributed by atoms with Gasteiger partial charge < -0.3 is 14.4 Å². The highest BCUT2D eigenvalue weighted by molar-refractivity contribution is 5.89. The molecule has 0 bridgehead atoms. The van der Waals surface area contributed by atoms with Crippen molar-refractivity contribution in [3.8, 4) is 5.75 Å². The molecular weight excluding hydrogens is 294 g/mol. The van der Waals surface area contributed by atoms with Gasteiger partial charge in [0, 0.05) is 13.1 Å². The quantitative estimate of drug-likeness (QED) is 0.783. The fraction of sp³-hybridized carbons (Fsp3) is 0.556. The number of likely N-dealkylation sites (N-methyl/N-ethyl adjacent to an activating group) is 1. The molecule has 0 radical (unpaired) electrons. The zero-order chi connectivity index (χ0) is 16.8. The normalized spacial score (nSPS) is 20.7. The standard InChI is InChI=1S/C18H25NO4/c1-13-4-8-15(9-5-13)19(2)17(20)12-23-16-10-6-14(7-11-16)18(21)22-3/h6-7,10-11,13,15H,4-5,8-9,12H2,1-3H3. The molecule has 0 heterocycles. The van der Waals surface area contributed by atoms with E-state index >= 15 is 0 Å². The largest absolute Gasteiger partial charge is 0.484 e. The van der Waals surface area contributed by atoms with Crippen LogP contribution in [0.5, 0.6) is 5.75 Å². The zero-order valence-electron chi connectivity index (χ0n) is 14.1. The van der Waals surface area contributed by atoms with Gasteiger partial charge in [-0.3, -0.25) is 4.79 Å². The van der Waals surface area contributed by atoms with Crippen molar-refractivity contribution in [1.29, 1.82) is 0 Å². The second-order valence-corrected chi connectivity index (χ2v) is 6.22. The number of esters is 1. The third-order valence-electron chi connectivity index (χ3n) is 4.56. The van der Waals surface area contributed by atoms with Gasteiger partial charge in [0.05, 0.1) is 12.7 Å². The number of methoxy groups -OCH3 is 1. The maximum absolute atomic E-state index is 12.2. The van der Waals surface area contributed by atoms with Gasteiger partial charge in [0.1, 0.15) is 5.75 Å². The van der Waals surface area contributed by atoms with E-state index in [1.54, 1.807) is 24.3 Å². The van der Waals surface area contributed by atoms with E-state index in [4.69, 9.17) is 4.74 Å². The number of hydrogen-bond donors (Lipinski definition) is 0. The third kappa shape index (κ3) is 4.71. The average molecular weight is 319 g/mol. The summed E-state index contributed by atoms with van der Waals surface area (Å²) in [5.41, 5.74) is 0.458. The lowest BCUT2D eigenvalue weighted by Gasteiger charge is -2.33. The molecule has 1 amide bonds. The van der Waals surface area contributed by atoms with E-state index in [-0.39, 0.29) is 18.5 Å². The second kappa shape index (κ2) is 7.99. The zero-order valence-corrected chi connectivity index (χ0v) is 14.1. The number of carbonyl (C=O) groups is 2. The Bertz CT molecular complexity index is 532. The Hall–Kier alpha value is -2.04. The summed E-state index contributed by atoms with van der Waals surface area (Å²) in [6, 6.07) is 6.91. The van der Waals surface area contributed by atoms with Crippen LogP contribution >= 0.6 is 0 Å². The summed E-state index contributed by atoms with van der Waals surface area (Å²) in [5, 5.41) is 0. The highest BCUT2D eigenvalue weighted by atomic mass is 16.5. The van der Waals surface area contributed by atoms with Crippen molar-refractivity contribution < 1.29 is 19.1 Å². The number of carbonyl (C=O) groups excluding carboxylic acids is 2. The molecular formula is C18H25NO4. The van der Waals surface area contributed by atoms with E-state index in [0.29, 0.717) is 17.4 Å². The molecule has 0 spiro atoms. The van der Waals surface area contributed by atoms with Gasteiger partial charge in [-0.15, -0.1) is 0 Å². The lowest BCUT2D eigenvalue weighted by atomic mass is 9.87. The number of ether oxygens (including phenoxy) is 2. The number of hydrogen-bond acceptors (Lipinski definition) is 4. The van der Waals surface area contributed by atoms with Crippen molar-refractivity contribution >= 4 is 11.9 Å². The molecule has 0 aliphatic heterocycles. The van der Waals surface area contributed by atoms with Crippen molar-refractivity contribution in [2.45, 2.75) is 38.6 Å². The smallest absolute Gasteiger partial charge is 0.337 e. The summed E-state index contributed by atoms with van der Waals surface area (Å²) in [6.07, 6.45) is 4.49. The van der Waals surface area contributed by atoms with Crippen LogP contribution < -0.4 is 4.74 Å². The fourth-order valence-corrected chi connectivity index (χ4v) is 2.89. The summed E-state index contributed by atoms with van der Waals surface area (Å²) in [5.74, 6) is 0.927. The molecule has 1 aromatic rings. The molecule has 1 aromatic carbocycles. The monoisotopic (exact) mass is 319 g/mol. The lowest BCUT2D eigenvalue weighted by molar-refractivity contribution is -0.134. The Balaban J connectivity index is 1.82. The average Bonchev–Trinajstić information content (AvgIpc) is 2.59. The Morgan fingerprint density at radius 3 is 2.30 bits per heavy atom. The molecule has 126 valence electrons. The van der Waals surface area contributed by atoms with Crippen LogP contribution in [-0.4, -0.2) is 43.6 Å². The first-order chi connectivity index (χ1) is 11.0. The molecule has 0 saturated heterocycles. The Kier molecular flexibility index (Phi) is 6.02. The molecule has 2 rings (SSSR count). The van der Waals surface area contributed by atoms with E-state index < -0.39 is 0 Å². The van der Waals surface area contributed by atoms with Gasteiger partial charge in [0.2, 0.25) is 0 Å². The topological polar surface area (TPSA) is 55.8 Å². The van der Waals surface area contributed by atoms with Gasteiger partial charge >= 0.3 is 5.97 Å². The van der Waals surface area contributed by atoms with Gasteiger partial charge in [-0.05, 0) is 55.9 Å². The van der Waals surface area contributed by atoms with Crippen molar-refractivity contribution in [2.75, 3.05) is 20.8 Å². The molecule has 1 aliphatic rings. The Labute approximate surface area is 137 Å². The molecule has 0 atom stereocenters. The van der Waals surface area contributed by atoms with Crippen molar-refractivity contribution in [3.05, 3.63) is 29.8 Å². The molecule has 5 nitrogen and oxygen atoms in total. The van der Waals surface area contributed by atoms with Gasteiger partial charge in [-0.2, -0.15) is 0 Å². The molecule has 1 aliphatic carbocycles. The van der Waals surface area contributed by atoms with Crippen molar-refractivity contribution in [2.24, 2.45) is 5.92 Å². The van der Waals surface area contributed by atoms with Crippen LogP contribution in [0.25, 0.3) is 0 Å². The van der Waals surface area contributed by atoms with Crippen LogP contribution in [0, 0.1) is 5.92 Å². The lowest BCUT2D eigenvalue weighted by Crippen LogP contribution is -2.41. The van der Waals surface area contributed by atoms with Crippen LogP contribution in [0.4, 0.5) is 0 Å². The predicted octanol–water partition coefficient (Wildman–Crippen LogP) is 2.89. The number of nitrogens with zero attached hydrogens (tertiary/aromatic N) is 1. The van der Waals surface area contributed by atoms with Crippen molar-refractivity contribution in [3.63, 3.8) is 0 Å². The highest BCUT2D eigenvalue weighted by Gasteiger charge is 2.24. The van der Waals surface area contributed by atoms with E-state index in [9.17, 15) is 9.59 Å². The van der Waals surface area contributed by atoms with Gasteiger partial charge in [-0.25, -0.2) is 4.79 Å². The molecule has 1 saturated carbocycles. The van der Waals surface area contributed by atoms with Crippen LogP contribution in [0.15, 0.2) is 24.3 Å². The predicted molar refractivity (Wildman–Crippen MR) is 87.5 cm³/mol. The molecule has 5 heteroatoms. The molecule has 1 fully saturated rings. The Morgan fingerprint density at radius 1 is 1.13 bits per heavy atom. The SMILES string of the molecule is COC(=O)c1ccc(OCC(=O)N(C)C2CCC(C)CC2)cc1. The van der Waals surface area contributed by atoms with E-state index in [0.717, 1.165) is 18.8 Å². The molecule has 0 N–H and O–H groups in total. The van der Waals surface area contributed by atoms with Crippen molar-refractivity contribution in [1.82, 2.24) is 4.90 Å². The molecule has 0 aromatic heterocycles. The summed E-state index contributed by atoms with van der Waals surface area (Å²) < 4.78 is 10.2. The Morgan fingerprint density at radius 2 is 1.74 bits per heavy atom. The number of amides is 1. The maximum atomic E-state index is 12.2. The summed E-state index contributed by atoms with van der Waals surface area (Å²) >= 11 is 0. The van der Waals surface area contributed by atoms with Gasteiger partial charge in [-0.1, -0.05) is 6.92 Å². The number of rotatable bonds is 5. The minimum absolute atomic E-state index is 0.0124. The maximum Gasteiger partial charge on any atom is 0.337 e. The van der Waals surface area contributed by atoms with E-state index in [1.807, 2.05) is 11.9 Å². The first kappa shape index (κ1) is 17.3. The van der Waals surface area contributed by atoms with Gasteiger partial charge in [0.15, 0.2) is 6.61 Å². The minimum Gasteiger partial charge on any atom is -0.484 e. The molecule has 23 heavy (non-hydrogen) atoms. The third-order valence-corrected chi connectivity index (χ3v) is 4.56. The molecule has 0 unspecified atom stereocenters. The van der Waals surface area contributed by atoms with Gasteiger partial charge in [0.25, 0.3) is 5.91 Å².